The lowest BCUT2D eigenvalue weighted by Gasteiger charge is -2.42. The molecule has 1 saturated carbocycles. The van der Waals surface area contributed by atoms with Gasteiger partial charge in [-0.3, -0.25) is 0 Å². The first-order valence-corrected chi connectivity index (χ1v) is 4.55. The average Bonchev–Trinajstić information content (AvgIpc) is 2.28. The van der Waals surface area contributed by atoms with Gasteiger partial charge >= 0.3 is 0 Å². The molecule has 0 unspecified atom stereocenters. The number of rotatable bonds is 0. The molecule has 0 aromatic carbocycles. The molecule has 0 N–H and O–H groups in total. The maximum absolute atomic E-state index is 8.77. The Hall–Kier alpha value is -2.56. The van der Waals surface area contributed by atoms with Crippen molar-refractivity contribution >= 4 is 0 Å². The van der Waals surface area contributed by atoms with Crippen LogP contribution < -0.4 is 0 Å². The van der Waals surface area contributed by atoms with E-state index in [9.17, 15) is 0 Å². The summed E-state index contributed by atoms with van der Waals surface area (Å²) in [6, 6.07) is 3.69. The van der Waals surface area contributed by atoms with Gasteiger partial charge in [0.2, 0.25) is 0 Å². The van der Waals surface area contributed by atoms with Gasteiger partial charge in [0.05, 0.1) is 25.3 Å². The molecule has 0 aromatic heterocycles. The maximum Gasteiger partial charge on any atom is 0.262 e. The van der Waals surface area contributed by atoms with Gasteiger partial charge in [-0.05, 0) is 23.0 Å². The van der Waals surface area contributed by atoms with Gasteiger partial charge in [0, 0.05) is 0 Å². The fourth-order valence-corrected chi connectivity index (χ4v) is 1.77. The third kappa shape index (κ3) is 1.44. The number of hydrogen-bond acceptors (Lipinski definition) is 2. The van der Waals surface area contributed by atoms with Crippen LogP contribution in [0.5, 0.6) is 0 Å². The summed E-state index contributed by atoms with van der Waals surface area (Å²) in [5.74, 6) is 0. The summed E-state index contributed by atoms with van der Waals surface area (Å²) in [5.41, 5.74) is 1.09. The third-order valence-electron chi connectivity index (χ3n) is 2.87. The second-order valence-corrected chi connectivity index (χ2v) is 3.90. The Morgan fingerprint density at radius 3 is 1.69 bits per heavy atom. The van der Waals surface area contributed by atoms with Crippen LogP contribution in [0, 0.1) is 41.2 Å². The van der Waals surface area contributed by atoms with Gasteiger partial charge in [-0.25, -0.2) is 20.2 Å². The highest BCUT2D eigenvalue weighted by molar-refractivity contribution is 5.55. The number of allylic oxidation sites excluding steroid dienone is 4. The molecule has 1 rings (SSSR count). The second-order valence-electron chi connectivity index (χ2n) is 3.90. The summed E-state index contributed by atoms with van der Waals surface area (Å²) in [7, 11) is 0. The fourth-order valence-electron chi connectivity index (χ4n) is 1.77. The first kappa shape index (κ1) is 11.5. The average molecular weight is 208 g/mol. The molecule has 1 aliphatic rings. The van der Waals surface area contributed by atoms with Crippen LogP contribution in [0.3, 0.4) is 0 Å². The molecule has 16 heavy (non-hydrogen) atoms. The van der Waals surface area contributed by atoms with E-state index in [4.69, 9.17) is 23.7 Å². The molecule has 0 bridgehead atoms. The normalized spacial score (nSPS) is 22.6. The van der Waals surface area contributed by atoms with Crippen LogP contribution in [-0.4, -0.2) is 0 Å². The monoisotopic (exact) mass is 208 g/mol. The van der Waals surface area contributed by atoms with Crippen molar-refractivity contribution in [2.24, 2.45) is 5.41 Å². The molecule has 4 heteroatoms. The largest absolute Gasteiger partial charge is 0.262 e. The van der Waals surface area contributed by atoms with E-state index in [1.54, 1.807) is 0 Å². The van der Waals surface area contributed by atoms with Crippen LogP contribution in [0.4, 0.5) is 0 Å². The standard InChI is InChI=1S/C12H8N4/c1-12(2)8(10(6-13)15-3)5-9(12)11(7-14)16-4/h5H2,1-2H3. The Morgan fingerprint density at radius 1 is 1.12 bits per heavy atom. The molecule has 1 fully saturated rings. The Bertz CT molecular complexity index is 480. The Morgan fingerprint density at radius 2 is 1.50 bits per heavy atom. The molecule has 0 saturated heterocycles. The van der Waals surface area contributed by atoms with E-state index in [2.05, 4.69) is 9.69 Å². The fraction of sp³-hybridized carbons (Fsp3) is 0.333. The van der Waals surface area contributed by atoms with Gasteiger partial charge in [0.25, 0.3) is 11.4 Å². The Balaban J connectivity index is 3.33. The summed E-state index contributed by atoms with van der Waals surface area (Å²) in [4.78, 5) is 6.31. The van der Waals surface area contributed by atoms with E-state index < -0.39 is 5.41 Å². The van der Waals surface area contributed by atoms with Crippen LogP contribution in [0.2, 0.25) is 0 Å². The minimum atomic E-state index is -0.509. The lowest BCUT2D eigenvalue weighted by Crippen LogP contribution is -2.31. The molecule has 0 aromatic rings. The van der Waals surface area contributed by atoms with Gasteiger partial charge in [0.15, 0.2) is 0 Å². The first-order valence-electron chi connectivity index (χ1n) is 4.55. The zero-order valence-electron chi connectivity index (χ0n) is 9.00. The predicted octanol–water partition coefficient (Wildman–Crippen LogP) is 2.81. The highest BCUT2D eigenvalue weighted by Gasteiger charge is 2.42. The van der Waals surface area contributed by atoms with Crippen molar-refractivity contribution in [1.29, 1.82) is 10.5 Å². The van der Waals surface area contributed by atoms with Gasteiger partial charge in [-0.2, -0.15) is 0 Å². The van der Waals surface area contributed by atoms with Crippen LogP contribution in [0.25, 0.3) is 9.69 Å². The molecule has 1 aliphatic carbocycles. The number of nitriles is 2. The van der Waals surface area contributed by atoms with Crippen molar-refractivity contribution in [1.82, 2.24) is 0 Å². The van der Waals surface area contributed by atoms with E-state index in [0.717, 1.165) is 11.1 Å². The molecular formula is C12H8N4. The molecule has 0 heterocycles. The van der Waals surface area contributed by atoms with Crippen LogP contribution in [0.15, 0.2) is 22.5 Å². The SMILES string of the molecule is [C-]#[N+]C(C#N)=C1CC(=C(C#N)[N+]#[C-])C1(C)C. The van der Waals surface area contributed by atoms with Crippen molar-refractivity contribution in [2.45, 2.75) is 20.3 Å². The Kier molecular flexibility index (Phi) is 2.80. The third-order valence-corrected chi connectivity index (χ3v) is 2.87. The summed E-state index contributed by atoms with van der Waals surface area (Å²) in [6.45, 7) is 17.4. The molecule has 76 valence electrons. The predicted molar refractivity (Wildman–Crippen MR) is 56.9 cm³/mol. The molecule has 0 spiro atoms. The minimum Gasteiger partial charge on any atom is -0.227 e. The summed E-state index contributed by atoms with van der Waals surface area (Å²) >= 11 is 0. The zero-order chi connectivity index (χ0) is 12.3. The first-order chi connectivity index (χ1) is 7.52. The van der Waals surface area contributed by atoms with Gasteiger partial charge < -0.3 is 0 Å². The van der Waals surface area contributed by atoms with E-state index in [-0.39, 0.29) is 11.4 Å². The minimum absolute atomic E-state index is 0.0796. The molecule has 4 nitrogen and oxygen atoms in total. The molecule has 0 radical (unpaired) electrons. The quantitative estimate of drug-likeness (QED) is 0.454. The Labute approximate surface area is 94.4 Å². The summed E-state index contributed by atoms with van der Waals surface area (Å²) in [5, 5.41) is 17.5. The number of nitrogens with zero attached hydrogens (tertiary/aromatic N) is 4. The van der Waals surface area contributed by atoms with Crippen molar-refractivity contribution in [3.63, 3.8) is 0 Å². The van der Waals surface area contributed by atoms with Crippen LogP contribution >= 0.6 is 0 Å². The smallest absolute Gasteiger partial charge is 0.227 e. The lowest BCUT2D eigenvalue weighted by atomic mass is 9.61. The van der Waals surface area contributed by atoms with E-state index >= 15 is 0 Å². The molecule has 0 amide bonds. The number of hydrogen-bond donors (Lipinski definition) is 0. The van der Waals surface area contributed by atoms with Crippen LogP contribution in [-0.2, 0) is 0 Å². The molecule has 0 aliphatic heterocycles. The highest BCUT2D eigenvalue weighted by Crippen LogP contribution is 2.53. The van der Waals surface area contributed by atoms with E-state index in [0.29, 0.717) is 6.42 Å². The molecule has 0 atom stereocenters. The lowest BCUT2D eigenvalue weighted by molar-refractivity contribution is 0.428. The van der Waals surface area contributed by atoms with Gasteiger partial charge in [-0.1, -0.05) is 13.8 Å². The van der Waals surface area contributed by atoms with Crippen molar-refractivity contribution in [3.8, 4) is 12.1 Å². The molecular weight excluding hydrogens is 200 g/mol. The highest BCUT2D eigenvalue weighted by atomic mass is 14.7. The second kappa shape index (κ2) is 3.90. The van der Waals surface area contributed by atoms with Crippen molar-refractivity contribution < 1.29 is 0 Å². The topological polar surface area (TPSA) is 56.3 Å². The van der Waals surface area contributed by atoms with Gasteiger partial charge in [-0.15, -0.1) is 0 Å². The van der Waals surface area contributed by atoms with Gasteiger partial charge in [0.1, 0.15) is 0 Å². The van der Waals surface area contributed by atoms with E-state index in [1.165, 1.54) is 0 Å². The zero-order valence-corrected chi connectivity index (χ0v) is 9.00. The van der Waals surface area contributed by atoms with Crippen LogP contribution in [0.1, 0.15) is 20.3 Å². The maximum atomic E-state index is 8.77. The summed E-state index contributed by atoms with van der Waals surface area (Å²) in [6.07, 6.45) is 0.392. The van der Waals surface area contributed by atoms with Crippen molar-refractivity contribution in [2.75, 3.05) is 0 Å². The summed E-state index contributed by atoms with van der Waals surface area (Å²) < 4.78 is 0. The van der Waals surface area contributed by atoms with E-state index in [1.807, 2.05) is 26.0 Å². The van der Waals surface area contributed by atoms with Crippen molar-refractivity contribution in [3.05, 3.63) is 45.4 Å².